The van der Waals surface area contributed by atoms with Crippen LogP contribution < -0.4 is 20.9 Å². The number of aromatic nitrogens is 2. The highest BCUT2D eigenvalue weighted by Gasteiger charge is 2.21. The van der Waals surface area contributed by atoms with Gasteiger partial charge in [0.15, 0.2) is 5.82 Å². The van der Waals surface area contributed by atoms with Crippen molar-refractivity contribution in [3.63, 3.8) is 0 Å². The van der Waals surface area contributed by atoms with Crippen LogP contribution in [0.15, 0.2) is 54.6 Å². The number of carbonyl (C=O) groups is 2. The van der Waals surface area contributed by atoms with Gasteiger partial charge in [-0.25, -0.2) is 9.97 Å². The molecule has 0 spiro atoms. The van der Waals surface area contributed by atoms with Crippen molar-refractivity contribution in [1.29, 1.82) is 0 Å². The minimum Gasteiger partial charge on any atom is -0.369 e. The summed E-state index contributed by atoms with van der Waals surface area (Å²) in [6.07, 6.45) is 0. The second kappa shape index (κ2) is 12.3. The van der Waals surface area contributed by atoms with Gasteiger partial charge in [0.2, 0.25) is 11.8 Å². The average molecular weight is 502 g/mol. The number of benzene rings is 2. The Morgan fingerprint density at radius 2 is 1.62 bits per heavy atom. The molecule has 3 N–H and O–H groups in total. The number of hydrogen-bond donors (Lipinski definition) is 3. The molecule has 4 rings (SSSR count). The third-order valence-corrected chi connectivity index (χ3v) is 6.28. The Labute approximate surface area is 218 Å². The van der Waals surface area contributed by atoms with E-state index in [0.29, 0.717) is 37.1 Å². The van der Waals surface area contributed by atoms with Gasteiger partial charge < -0.3 is 20.9 Å². The fourth-order valence-corrected chi connectivity index (χ4v) is 4.34. The van der Waals surface area contributed by atoms with Crippen molar-refractivity contribution in [2.45, 2.75) is 20.8 Å². The number of aryl methyl sites for hydroxylation is 2. The van der Waals surface area contributed by atoms with Crippen molar-refractivity contribution in [3.8, 4) is 11.4 Å². The lowest BCUT2D eigenvalue weighted by molar-refractivity contribution is -0.119. The van der Waals surface area contributed by atoms with Crippen molar-refractivity contribution in [1.82, 2.24) is 20.2 Å². The summed E-state index contributed by atoms with van der Waals surface area (Å²) in [6.45, 7) is 10.4. The van der Waals surface area contributed by atoms with Crippen LogP contribution in [0.4, 0.5) is 17.3 Å². The zero-order valence-corrected chi connectivity index (χ0v) is 21.8. The number of nitrogens with one attached hydrogen (secondary N) is 3. The van der Waals surface area contributed by atoms with Crippen LogP contribution in [0.25, 0.3) is 11.4 Å². The number of rotatable bonds is 9. The second-order valence-corrected chi connectivity index (χ2v) is 9.34. The van der Waals surface area contributed by atoms with E-state index >= 15 is 0 Å². The van der Waals surface area contributed by atoms with Crippen LogP contribution in [0.1, 0.15) is 18.1 Å². The first-order valence-corrected chi connectivity index (χ1v) is 12.6. The largest absolute Gasteiger partial charge is 0.369 e. The van der Waals surface area contributed by atoms with Gasteiger partial charge in [0.1, 0.15) is 11.6 Å². The molecule has 9 nitrogen and oxygen atoms in total. The molecule has 0 aliphatic carbocycles. The summed E-state index contributed by atoms with van der Waals surface area (Å²) < 4.78 is 0. The van der Waals surface area contributed by atoms with Gasteiger partial charge in [-0.05, 0) is 31.0 Å². The fraction of sp³-hybridized carbons (Fsp3) is 0.357. The molecule has 0 radical (unpaired) electrons. The van der Waals surface area contributed by atoms with Crippen LogP contribution in [-0.2, 0) is 9.59 Å². The van der Waals surface area contributed by atoms with Gasteiger partial charge >= 0.3 is 0 Å². The highest BCUT2D eigenvalue weighted by atomic mass is 16.2. The Morgan fingerprint density at radius 3 is 2.35 bits per heavy atom. The van der Waals surface area contributed by atoms with E-state index in [9.17, 15) is 9.59 Å². The minimum atomic E-state index is -0.109. The third kappa shape index (κ3) is 7.50. The van der Waals surface area contributed by atoms with E-state index in [1.807, 2.05) is 30.3 Å². The molecule has 2 aromatic carbocycles. The first kappa shape index (κ1) is 26.1. The monoisotopic (exact) mass is 501 g/mol. The number of carbonyl (C=O) groups excluding carboxylic acids is 2. The summed E-state index contributed by atoms with van der Waals surface area (Å²) in [5, 5.41) is 8.90. The van der Waals surface area contributed by atoms with Crippen LogP contribution in [-0.4, -0.2) is 72.5 Å². The van der Waals surface area contributed by atoms with Crippen molar-refractivity contribution in [2.24, 2.45) is 0 Å². The molecule has 0 atom stereocenters. The number of anilines is 3. The van der Waals surface area contributed by atoms with Crippen molar-refractivity contribution in [3.05, 3.63) is 65.7 Å². The van der Waals surface area contributed by atoms with E-state index in [4.69, 9.17) is 0 Å². The van der Waals surface area contributed by atoms with Gasteiger partial charge in [0.05, 0.1) is 6.54 Å². The van der Waals surface area contributed by atoms with Gasteiger partial charge in [-0.3, -0.25) is 14.5 Å². The highest BCUT2D eigenvalue weighted by Crippen LogP contribution is 2.23. The summed E-state index contributed by atoms with van der Waals surface area (Å²) in [7, 11) is 0. The Hall–Kier alpha value is -3.98. The van der Waals surface area contributed by atoms with E-state index < -0.39 is 0 Å². The summed E-state index contributed by atoms with van der Waals surface area (Å²) >= 11 is 0. The summed E-state index contributed by atoms with van der Waals surface area (Å²) in [5.41, 5.74) is 4.66. The van der Waals surface area contributed by atoms with Crippen LogP contribution in [0.3, 0.4) is 0 Å². The maximum absolute atomic E-state index is 12.9. The molecule has 9 heteroatoms. The molecule has 2 amide bonds. The van der Waals surface area contributed by atoms with E-state index in [2.05, 4.69) is 67.8 Å². The highest BCUT2D eigenvalue weighted by molar-refractivity contribution is 5.92. The van der Waals surface area contributed by atoms with E-state index in [1.165, 1.54) is 23.7 Å². The Morgan fingerprint density at radius 1 is 0.892 bits per heavy atom. The quantitative estimate of drug-likeness (QED) is 0.387. The Balaban J connectivity index is 1.38. The maximum Gasteiger partial charge on any atom is 0.239 e. The summed E-state index contributed by atoms with van der Waals surface area (Å²) in [5.74, 6) is 1.34. The van der Waals surface area contributed by atoms with E-state index in [0.717, 1.165) is 31.7 Å². The first-order chi connectivity index (χ1) is 17.9. The molecule has 0 saturated carbocycles. The lowest BCUT2D eigenvalue weighted by Gasteiger charge is -2.36. The maximum atomic E-state index is 12.9. The molecule has 1 aliphatic rings. The van der Waals surface area contributed by atoms with Gasteiger partial charge in [-0.2, -0.15) is 0 Å². The molecule has 1 aromatic heterocycles. The molecule has 1 aliphatic heterocycles. The van der Waals surface area contributed by atoms with Crippen molar-refractivity contribution in [2.75, 3.05) is 61.3 Å². The zero-order chi connectivity index (χ0) is 26.2. The lowest BCUT2D eigenvalue weighted by Crippen LogP contribution is -2.48. The number of piperazine rings is 1. The molecule has 194 valence electrons. The van der Waals surface area contributed by atoms with E-state index in [-0.39, 0.29) is 11.8 Å². The van der Waals surface area contributed by atoms with Crippen LogP contribution >= 0.6 is 0 Å². The Kier molecular flexibility index (Phi) is 8.68. The molecule has 0 unspecified atom stereocenters. The third-order valence-electron chi connectivity index (χ3n) is 6.28. The predicted octanol–water partition coefficient (Wildman–Crippen LogP) is 3.07. The number of hydrogen-bond acceptors (Lipinski definition) is 7. The van der Waals surface area contributed by atoms with Gasteiger partial charge in [0.25, 0.3) is 0 Å². The van der Waals surface area contributed by atoms with Crippen LogP contribution in [0.5, 0.6) is 0 Å². The molecule has 1 saturated heterocycles. The molecule has 0 bridgehead atoms. The van der Waals surface area contributed by atoms with Crippen molar-refractivity contribution >= 4 is 29.1 Å². The standard InChI is InChI=1S/C28H35N7O2/c1-20-9-10-21(2)24(17-20)35-15-13-34(14-16-35)19-27(37)31-26-18-25(30-12-11-29-22(3)36)32-28(33-26)23-7-5-4-6-8-23/h4-10,17-18H,11-16,19H2,1-3H3,(H,29,36)(H2,30,31,32,33,37). The van der Waals surface area contributed by atoms with Crippen LogP contribution in [0, 0.1) is 13.8 Å². The number of nitrogens with zero attached hydrogens (tertiary/aromatic N) is 4. The first-order valence-electron chi connectivity index (χ1n) is 12.6. The van der Waals surface area contributed by atoms with Crippen molar-refractivity contribution < 1.29 is 9.59 Å². The topological polar surface area (TPSA) is 102 Å². The summed E-state index contributed by atoms with van der Waals surface area (Å²) in [6, 6.07) is 17.9. The predicted molar refractivity (Wildman–Crippen MR) is 148 cm³/mol. The molecule has 3 aromatic rings. The van der Waals surface area contributed by atoms with Crippen LogP contribution in [0.2, 0.25) is 0 Å². The van der Waals surface area contributed by atoms with Gasteiger partial charge in [-0.1, -0.05) is 42.5 Å². The Bertz CT molecular complexity index is 1220. The van der Waals surface area contributed by atoms with E-state index in [1.54, 1.807) is 6.07 Å². The van der Waals surface area contributed by atoms with Gasteiger partial charge in [-0.15, -0.1) is 0 Å². The zero-order valence-electron chi connectivity index (χ0n) is 21.8. The summed E-state index contributed by atoms with van der Waals surface area (Å²) in [4.78, 5) is 37.8. The molecular weight excluding hydrogens is 466 g/mol. The second-order valence-electron chi connectivity index (χ2n) is 9.34. The minimum absolute atomic E-state index is 0.0859. The van der Waals surface area contributed by atoms with Gasteiger partial charge in [0, 0.05) is 63.5 Å². The number of amides is 2. The smallest absolute Gasteiger partial charge is 0.239 e. The molecule has 1 fully saturated rings. The fourth-order valence-electron chi connectivity index (χ4n) is 4.34. The molecule has 37 heavy (non-hydrogen) atoms. The SMILES string of the molecule is CC(=O)NCCNc1cc(NC(=O)CN2CCN(c3cc(C)ccc3C)CC2)nc(-c2ccccc2)n1. The normalized spacial score (nSPS) is 13.8. The average Bonchev–Trinajstić information content (AvgIpc) is 2.89. The molecular formula is C28H35N7O2. The molecule has 2 heterocycles. The lowest BCUT2D eigenvalue weighted by atomic mass is 10.1.